The van der Waals surface area contributed by atoms with Gasteiger partial charge in [-0.3, -0.25) is 14.5 Å². The van der Waals surface area contributed by atoms with Crippen molar-refractivity contribution in [3.63, 3.8) is 0 Å². The van der Waals surface area contributed by atoms with E-state index in [4.69, 9.17) is 9.15 Å². The van der Waals surface area contributed by atoms with Crippen LogP contribution in [0.4, 0.5) is 5.69 Å². The molecule has 182 valence electrons. The van der Waals surface area contributed by atoms with Gasteiger partial charge in [-0.2, -0.15) is 0 Å². The van der Waals surface area contributed by atoms with Crippen LogP contribution in [0.1, 0.15) is 48.1 Å². The Labute approximate surface area is 204 Å². The Hall–Kier alpha value is -4.00. The Bertz CT molecular complexity index is 1330. The molecule has 1 unspecified atom stereocenters. The van der Waals surface area contributed by atoms with Crippen LogP contribution in [-0.4, -0.2) is 28.5 Å². The molecule has 1 saturated heterocycles. The van der Waals surface area contributed by atoms with Crippen molar-refractivity contribution in [3.8, 4) is 11.5 Å². The van der Waals surface area contributed by atoms with Crippen LogP contribution in [0.2, 0.25) is 0 Å². The van der Waals surface area contributed by atoms with Crippen molar-refractivity contribution < 1.29 is 29.0 Å². The molecule has 1 amide bonds. The van der Waals surface area contributed by atoms with Crippen LogP contribution >= 0.6 is 0 Å². The maximum Gasteiger partial charge on any atom is 0.300 e. The number of amides is 1. The van der Waals surface area contributed by atoms with E-state index >= 15 is 0 Å². The molecule has 4 rings (SSSR count). The lowest BCUT2D eigenvalue weighted by molar-refractivity contribution is -0.132. The molecule has 1 fully saturated rings. The van der Waals surface area contributed by atoms with Gasteiger partial charge in [-0.25, -0.2) is 0 Å². The Morgan fingerprint density at radius 3 is 2.43 bits per heavy atom. The van der Waals surface area contributed by atoms with Gasteiger partial charge in [0.2, 0.25) is 0 Å². The largest absolute Gasteiger partial charge is 0.507 e. The van der Waals surface area contributed by atoms with Gasteiger partial charge in [-0.15, -0.1) is 0 Å². The van der Waals surface area contributed by atoms with Crippen LogP contribution in [-0.2, 0) is 9.59 Å². The predicted molar refractivity (Wildman–Crippen MR) is 133 cm³/mol. The standard InChI is InChI=1S/C28H29NO6/c1-15(2)14-34-22-11-8-19(13-17(22)4)26(31)24-25(23-10-7-18(5)35-23)29(28(33)27(24)32)20-12-16(3)6-9-21(20)30/h6-13,15,25,30-31H,14H2,1-5H3/b26-24-. The zero-order valence-electron chi connectivity index (χ0n) is 20.5. The highest BCUT2D eigenvalue weighted by Crippen LogP contribution is 2.45. The monoisotopic (exact) mass is 475 g/mol. The zero-order valence-corrected chi connectivity index (χ0v) is 20.5. The molecule has 2 heterocycles. The molecule has 1 aliphatic rings. The fourth-order valence-electron chi connectivity index (χ4n) is 4.15. The fourth-order valence-corrected chi connectivity index (χ4v) is 4.15. The van der Waals surface area contributed by atoms with Crippen molar-refractivity contribution in [2.45, 2.75) is 40.7 Å². The Morgan fingerprint density at radius 1 is 1.06 bits per heavy atom. The normalized spacial score (nSPS) is 17.4. The number of benzene rings is 2. The van der Waals surface area contributed by atoms with Crippen LogP contribution in [0.5, 0.6) is 11.5 Å². The number of furan rings is 1. The summed E-state index contributed by atoms with van der Waals surface area (Å²) in [6, 6.07) is 12.2. The van der Waals surface area contributed by atoms with Gasteiger partial charge in [-0.05, 0) is 80.3 Å². The first-order valence-corrected chi connectivity index (χ1v) is 11.5. The van der Waals surface area contributed by atoms with E-state index in [1.165, 1.54) is 11.0 Å². The smallest absolute Gasteiger partial charge is 0.300 e. The summed E-state index contributed by atoms with van der Waals surface area (Å²) in [5, 5.41) is 21.8. The van der Waals surface area contributed by atoms with E-state index in [-0.39, 0.29) is 22.8 Å². The van der Waals surface area contributed by atoms with Gasteiger partial charge in [0.15, 0.2) is 0 Å². The lowest BCUT2D eigenvalue weighted by Gasteiger charge is -2.24. The maximum absolute atomic E-state index is 13.3. The third-order valence-electron chi connectivity index (χ3n) is 5.89. The van der Waals surface area contributed by atoms with Gasteiger partial charge in [-0.1, -0.05) is 19.9 Å². The van der Waals surface area contributed by atoms with Crippen LogP contribution < -0.4 is 9.64 Å². The first kappa shape index (κ1) is 24.1. The summed E-state index contributed by atoms with van der Waals surface area (Å²) in [7, 11) is 0. The summed E-state index contributed by atoms with van der Waals surface area (Å²) in [6.45, 7) is 10.1. The van der Waals surface area contributed by atoms with Crippen molar-refractivity contribution in [3.05, 3.63) is 82.3 Å². The van der Waals surface area contributed by atoms with Gasteiger partial charge in [0.05, 0.1) is 17.9 Å². The van der Waals surface area contributed by atoms with E-state index in [2.05, 4.69) is 13.8 Å². The van der Waals surface area contributed by atoms with Crippen LogP contribution in [0.15, 0.2) is 58.5 Å². The molecule has 3 aromatic rings. The molecule has 0 radical (unpaired) electrons. The molecule has 7 nitrogen and oxygen atoms in total. The Balaban J connectivity index is 1.86. The number of aryl methyl sites for hydroxylation is 3. The first-order chi connectivity index (χ1) is 16.6. The molecule has 1 aromatic heterocycles. The van der Waals surface area contributed by atoms with Crippen molar-refractivity contribution in [2.24, 2.45) is 5.92 Å². The lowest BCUT2D eigenvalue weighted by Crippen LogP contribution is -2.29. The summed E-state index contributed by atoms with van der Waals surface area (Å²) in [6.07, 6.45) is 0. The van der Waals surface area contributed by atoms with Crippen molar-refractivity contribution >= 4 is 23.1 Å². The van der Waals surface area contributed by atoms with E-state index in [0.29, 0.717) is 35.4 Å². The molecule has 35 heavy (non-hydrogen) atoms. The maximum atomic E-state index is 13.3. The molecule has 0 aliphatic carbocycles. The minimum absolute atomic E-state index is 0.111. The molecule has 0 spiro atoms. The summed E-state index contributed by atoms with van der Waals surface area (Å²) < 4.78 is 11.6. The van der Waals surface area contributed by atoms with Crippen molar-refractivity contribution in [2.75, 3.05) is 11.5 Å². The fraction of sp³-hybridized carbons (Fsp3) is 0.286. The number of ketones is 1. The summed E-state index contributed by atoms with van der Waals surface area (Å²) in [4.78, 5) is 27.7. The van der Waals surface area contributed by atoms with E-state index in [0.717, 1.165) is 11.1 Å². The number of carbonyl (C=O) groups excluding carboxylic acids is 2. The van der Waals surface area contributed by atoms with Crippen molar-refractivity contribution in [1.29, 1.82) is 0 Å². The number of hydrogen-bond donors (Lipinski definition) is 2. The number of hydrogen-bond acceptors (Lipinski definition) is 6. The number of anilines is 1. The predicted octanol–water partition coefficient (Wildman–Crippen LogP) is 5.57. The number of aromatic hydroxyl groups is 1. The summed E-state index contributed by atoms with van der Waals surface area (Å²) >= 11 is 0. The highest BCUT2D eigenvalue weighted by Gasteiger charge is 2.49. The molecular formula is C28H29NO6. The minimum Gasteiger partial charge on any atom is -0.507 e. The molecule has 2 N–H and O–H groups in total. The van der Waals surface area contributed by atoms with Gasteiger partial charge in [0, 0.05) is 5.56 Å². The molecule has 7 heteroatoms. The minimum atomic E-state index is -1.05. The van der Waals surface area contributed by atoms with E-state index in [1.807, 2.05) is 13.8 Å². The molecule has 0 saturated carbocycles. The average molecular weight is 476 g/mol. The third-order valence-corrected chi connectivity index (χ3v) is 5.89. The topological polar surface area (TPSA) is 100 Å². The van der Waals surface area contributed by atoms with Crippen molar-refractivity contribution in [1.82, 2.24) is 0 Å². The number of Topliss-reactive ketones (excluding diaryl/α,β-unsaturated/α-hetero) is 1. The Kier molecular flexibility index (Phi) is 6.43. The summed E-state index contributed by atoms with van der Waals surface area (Å²) in [5.41, 5.74) is 2.01. The SMILES string of the molecule is Cc1ccc(O)c(N2C(=O)C(=O)/C(=C(\O)c3ccc(OCC(C)C)c(C)c3)C2c2ccc(C)o2)c1. The lowest BCUT2D eigenvalue weighted by atomic mass is 9.98. The number of nitrogens with zero attached hydrogens (tertiary/aromatic N) is 1. The van der Waals surface area contributed by atoms with E-state index in [9.17, 15) is 19.8 Å². The number of ether oxygens (including phenoxy) is 1. The molecular weight excluding hydrogens is 446 g/mol. The second-order valence-corrected chi connectivity index (χ2v) is 9.29. The van der Waals surface area contributed by atoms with Crippen LogP contribution in [0.3, 0.4) is 0 Å². The zero-order chi connectivity index (χ0) is 25.4. The number of rotatable bonds is 6. The number of aliphatic hydroxyl groups excluding tert-OH is 1. The second-order valence-electron chi connectivity index (χ2n) is 9.29. The Morgan fingerprint density at radius 2 is 1.80 bits per heavy atom. The molecule has 1 aliphatic heterocycles. The number of phenolic OH excluding ortho intramolecular Hbond substituents is 1. The highest BCUT2D eigenvalue weighted by atomic mass is 16.5. The number of carbonyl (C=O) groups is 2. The van der Waals surface area contributed by atoms with Crippen LogP contribution in [0, 0.1) is 26.7 Å². The second kappa shape index (κ2) is 9.33. The highest BCUT2D eigenvalue weighted by molar-refractivity contribution is 6.51. The van der Waals surface area contributed by atoms with E-state index in [1.54, 1.807) is 49.4 Å². The third kappa shape index (κ3) is 4.54. The van der Waals surface area contributed by atoms with Gasteiger partial charge in [0.1, 0.15) is 34.8 Å². The average Bonchev–Trinajstić information content (AvgIpc) is 3.34. The first-order valence-electron chi connectivity index (χ1n) is 11.5. The molecule has 2 aromatic carbocycles. The van der Waals surface area contributed by atoms with Crippen LogP contribution in [0.25, 0.3) is 5.76 Å². The van der Waals surface area contributed by atoms with Gasteiger partial charge >= 0.3 is 0 Å². The van der Waals surface area contributed by atoms with Gasteiger partial charge in [0.25, 0.3) is 11.7 Å². The number of aliphatic hydroxyl groups is 1. The van der Waals surface area contributed by atoms with E-state index < -0.39 is 17.7 Å². The molecule has 0 bridgehead atoms. The molecule has 1 atom stereocenters. The quantitative estimate of drug-likeness (QED) is 0.275. The van der Waals surface area contributed by atoms with Gasteiger partial charge < -0.3 is 19.4 Å². The number of phenols is 1. The summed E-state index contributed by atoms with van der Waals surface area (Å²) in [5.74, 6) is -0.282.